The first-order valence-corrected chi connectivity index (χ1v) is 20.2. The van der Waals surface area contributed by atoms with Gasteiger partial charge in [0, 0.05) is 19.5 Å². The van der Waals surface area contributed by atoms with Gasteiger partial charge in [0.25, 0.3) is 0 Å². The summed E-state index contributed by atoms with van der Waals surface area (Å²) in [6.45, 7) is 9.73. The van der Waals surface area contributed by atoms with E-state index in [2.05, 4.69) is 125 Å². The van der Waals surface area contributed by atoms with Crippen LogP contribution in [0.3, 0.4) is 0 Å². The molecule has 3 nitrogen and oxygen atoms in total. The quantitative estimate of drug-likeness (QED) is 0.0878. The number of benzene rings is 3. The molecule has 2 aliphatic heterocycles. The van der Waals surface area contributed by atoms with Gasteiger partial charge in [0.2, 0.25) is 0 Å². The Morgan fingerprint density at radius 2 is 0.894 bits per heavy atom. The fourth-order valence-corrected chi connectivity index (χ4v) is 13.4. The van der Waals surface area contributed by atoms with E-state index in [0.29, 0.717) is 11.8 Å². The zero-order chi connectivity index (χ0) is 33.5. The molecular formula is C37H44F3O3P2RhS-. The van der Waals surface area contributed by atoms with Gasteiger partial charge in [0.15, 0.2) is 10.1 Å². The van der Waals surface area contributed by atoms with E-state index in [4.69, 9.17) is 13.0 Å². The van der Waals surface area contributed by atoms with Gasteiger partial charge in [-0.05, 0) is 110 Å². The fourth-order valence-electron chi connectivity index (χ4n) is 6.24. The second-order valence-corrected chi connectivity index (χ2v) is 18.6. The number of rotatable bonds is 4. The monoisotopic (exact) mass is 790 g/mol. The van der Waals surface area contributed by atoms with Crippen LogP contribution in [0, 0.1) is 11.8 Å². The van der Waals surface area contributed by atoms with E-state index >= 15 is 0 Å². The predicted molar refractivity (Wildman–Crippen MR) is 189 cm³/mol. The van der Waals surface area contributed by atoms with Crippen molar-refractivity contribution in [3.05, 3.63) is 108 Å². The molecule has 1 radical (unpaired) electrons. The molecule has 6 rings (SSSR count). The third kappa shape index (κ3) is 10.2. The number of hydrogen-bond donors (Lipinski definition) is 0. The van der Waals surface area contributed by atoms with Crippen molar-refractivity contribution in [2.45, 2.75) is 83.0 Å². The van der Waals surface area contributed by atoms with Crippen molar-refractivity contribution in [3.8, 4) is 0 Å². The van der Waals surface area contributed by atoms with Crippen LogP contribution in [0.1, 0.15) is 64.5 Å². The van der Waals surface area contributed by atoms with E-state index in [1.807, 2.05) is 0 Å². The molecule has 0 saturated carbocycles. The minimum atomic E-state index is -6.09. The smallest absolute Gasteiger partial charge is 0.485 e. The van der Waals surface area contributed by atoms with Crippen molar-refractivity contribution in [1.29, 1.82) is 0 Å². The Morgan fingerprint density at radius 1 is 0.617 bits per heavy atom. The van der Waals surface area contributed by atoms with Crippen molar-refractivity contribution in [1.82, 2.24) is 0 Å². The standard InChI is InChI=1S/C28H32P2.C8H12.CHF3O3S.Rh/c1-19(2)27-17-21-11-5-7-13-23(21)29(27)25-15-9-10-16-26(25)30-24-14-8-6-12-22(24)18-28(30)20(3)4;1-2-4-6-8-7-5-3-1;2-1(3,4)8(5,6)7;/h5-16,19-20,27-28H,17-18H2,1-4H3;1-2,7-8H,3-6H2;(H,5,6,7);/p-1/b;2-1-,8-7-;;/t27-,28-,29-,30+;;;/m1.../s1. The summed E-state index contributed by atoms with van der Waals surface area (Å²) in [7, 11) is -6.70. The fraction of sp³-hybridized carbons (Fsp3) is 0.405. The Labute approximate surface area is 294 Å². The van der Waals surface area contributed by atoms with E-state index in [1.54, 1.807) is 32.3 Å². The molecular weight excluding hydrogens is 746 g/mol. The van der Waals surface area contributed by atoms with Gasteiger partial charge >= 0.3 is 5.51 Å². The van der Waals surface area contributed by atoms with Crippen molar-refractivity contribution >= 4 is 47.2 Å². The van der Waals surface area contributed by atoms with Crippen LogP contribution in [-0.4, -0.2) is 29.8 Å². The molecule has 47 heavy (non-hydrogen) atoms. The van der Waals surface area contributed by atoms with Gasteiger partial charge in [-0.2, -0.15) is 13.2 Å². The van der Waals surface area contributed by atoms with Crippen LogP contribution in [0.4, 0.5) is 13.2 Å². The summed E-state index contributed by atoms with van der Waals surface area (Å²) in [5, 5.41) is 6.62. The summed E-state index contributed by atoms with van der Waals surface area (Å²) in [4.78, 5) is 0. The molecule has 1 aliphatic carbocycles. The zero-order valence-electron chi connectivity index (χ0n) is 27.3. The van der Waals surface area contributed by atoms with Crippen LogP contribution in [0.2, 0.25) is 0 Å². The van der Waals surface area contributed by atoms with Gasteiger partial charge in [0.05, 0.1) is 0 Å². The molecule has 2 heterocycles. The molecule has 3 aliphatic rings. The number of hydrogen-bond acceptors (Lipinski definition) is 3. The zero-order valence-corrected chi connectivity index (χ0v) is 31.5. The summed E-state index contributed by atoms with van der Waals surface area (Å²) in [6.07, 6.45) is 16.5. The van der Waals surface area contributed by atoms with Crippen LogP contribution in [0.25, 0.3) is 0 Å². The maximum atomic E-state index is 10.7. The molecule has 0 N–H and O–H groups in total. The van der Waals surface area contributed by atoms with Crippen molar-refractivity contribution in [3.63, 3.8) is 0 Å². The Morgan fingerprint density at radius 3 is 1.17 bits per heavy atom. The van der Waals surface area contributed by atoms with Crippen LogP contribution in [0.5, 0.6) is 0 Å². The SMILES string of the molecule is C1=C\CC/C=C\CC/1.CC(C)[C@H]1Cc2ccccc2[P@]1c1ccccc1[P@]1c2ccccc2C[C@@H]1C(C)C.O=S(=O)([O-])C(F)(F)F.[Rh]. The maximum absolute atomic E-state index is 10.7. The topological polar surface area (TPSA) is 57.2 Å². The van der Waals surface area contributed by atoms with E-state index in [0.717, 1.165) is 11.3 Å². The van der Waals surface area contributed by atoms with Crippen molar-refractivity contribution < 1.29 is 45.6 Å². The molecule has 0 amide bonds. The molecule has 0 spiro atoms. The maximum Gasteiger partial charge on any atom is 0.485 e. The van der Waals surface area contributed by atoms with E-state index in [9.17, 15) is 13.2 Å². The molecule has 3 aromatic rings. The molecule has 10 heteroatoms. The molecule has 0 saturated heterocycles. The van der Waals surface area contributed by atoms with Crippen LogP contribution in [-0.2, 0) is 42.4 Å². The summed E-state index contributed by atoms with van der Waals surface area (Å²) < 4.78 is 58.9. The van der Waals surface area contributed by atoms with Crippen molar-refractivity contribution in [2.24, 2.45) is 11.8 Å². The van der Waals surface area contributed by atoms with Crippen LogP contribution >= 0.6 is 15.8 Å². The van der Waals surface area contributed by atoms with Gasteiger partial charge in [-0.3, -0.25) is 0 Å². The molecule has 0 aromatic heterocycles. The predicted octanol–water partition coefficient (Wildman–Crippen LogP) is 8.44. The first-order chi connectivity index (χ1) is 21.8. The van der Waals surface area contributed by atoms with E-state index < -0.39 is 15.6 Å². The van der Waals surface area contributed by atoms with Gasteiger partial charge in [-0.25, -0.2) is 8.42 Å². The number of fused-ring (bicyclic) bond motifs is 2. The minimum Gasteiger partial charge on any atom is -0.741 e. The average Bonchev–Trinajstić information content (AvgIpc) is 3.56. The summed E-state index contributed by atoms with van der Waals surface area (Å²) in [5.41, 5.74) is -0.949. The third-order valence-corrected chi connectivity index (χ3v) is 15.9. The molecule has 3 aromatic carbocycles. The van der Waals surface area contributed by atoms with Gasteiger partial charge < -0.3 is 4.55 Å². The van der Waals surface area contributed by atoms with Gasteiger partial charge in [-0.1, -0.05) is 125 Å². The molecule has 0 fully saturated rings. The number of allylic oxidation sites excluding steroid dienone is 4. The van der Waals surface area contributed by atoms with Crippen molar-refractivity contribution in [2.75, 3.05) is 0 Å². The first kappa shape index (κ1) is 39.8. The largest absolute Gasteiger partial charge is 0.741 e. The van der Waals surface area contributed by atoms with Gasteiger partial charge in [0.1, 0.15) is 0 Å². The molecule has 0 unspecified atom stereocenters. The third-order valence-electron chi connectivity index (χ3n) is 8.58. The molecule has 257 valence electrons. The molecule has 0 bridgehead atoms. The Hall–Kier alpha value is -1.68. The second kappa shape index (κ2) is 17.8. The minimum absolute atomic E-state index is 0. The summed E-state index contributed by atoms with van der Waals surface area (Å²) >= 11 is 0. The Balaban J connectivity index is 0.000000292. The van der Waals surface area contributed by atoms with Crippen LogP contribution in [0.15, 0.2) is 97.1 Å². The number of alkyl halides is 3. The molecule has 4 atom stereocenters. The van der Waals surface area contributed by atoms with E-state index in [-0.39, 0.29) is 35.3 Å². The second-order valence-electron chi connectivity index (χ2n) is 12.5. The normalized spacial score (nSPS) is 23.1. The Kier molecular flexibility index (Phi) is 15.1. The van der Waals surface area contributed by atoms with Crippen LogP contribution < -0.4 is 21.2 Å². The summed E-state index contributed by atoms with van der Waals surface area (Å²) in [5.74, 6) is 1.42. The summed E-state index contributed by atoms with van der Waals surface area (Å²) in [6, 6.07) is 28.1. The first-order valence-electron chi connectivity index (χ1n) is 16.0. The Bertz CT molecular complexity index is 1510. The van der Waals surface area contributed by atoms with Gasteiger partial charge in [-0.15, -0.1) is 0 Å². The average molecular weight is 791 g/mol. The number of halogens is 3. The van der Waals surface area contributed by atoms with E-state index in [1.165, 1.54) is 38.5 Å².